The van der Waals surface area contributed by atoms with E-state index >= 15 is 0 Å². The van der Waals surface area contributed by atoms with Crippen molar-refractivity contribution in [2.75, 3.05) is 0 Å². The van der Waals surface area contributed by atoms with E-state index in [1.165, 1.54) is 6.92 Å². The normalized spacial score (nSPS) is 11.5. The predicted octanol–water partition coefficient (Wildman–Crippen LogP) is 4.98. The van der Waals surface area contributed by atoms with Crippen molar-refractivity contribution in [2.45, 2.75) is 39.7 Å². The summed E-state index contributed by atoms with van der Waals surface area (Å²) in [6, 6.07) is 5.45. The van der Waals surface area contributed by atoms with Crippen LogP contribution in [0.3, 0.4) is 0 Å². The molecule has 1 aromatic carbocycles. The Kier molecular flexibility index (Phi) is 4.84. The van der Waals surface area contributed by atoms with Crippen LogP contribution in [-0.2, 0) is 12.0 Å². The molecule has 0 radical (unpaired) electrons. The number of hydrogen-bond acceptors (Lipinski definition) is 4. The smallest absolute Gasteiger partial charge is 0.163 e. The zero-order chi connectivity index (χ0) is 15.6. The van der Waals surface area contributed by atoms with Crippen LogP contribution in [0.25, 0.3) is 0 Å². The number of Topliss-reactive ketones (excluding diaryl/α,β-unsaturated/α-hetero) is 1. The largest absolute Gasteiger partial charge is 0.486 e. The Morgan fingerprint density at radius 3 is 2.67 bits per heavy atom. The lowest BCUT2D eigenvalue weighted by atomic mass is 9.93. The van der Waals surface area contributed by atoms with Gasteiger partial charge >= 0.3 is 0 Å². The first-order chi connectivity index (χ1) is 9.77. The van der Waals surface area contributed by atoms with E-state index in [-0.39, 0.29) is 11.2 Å². The van der Waals surface area contributed by atoms with E-state index in [0.717, 1.165) is 15.2 Å². The molecule has 0 aliphatic heterocycles. The molecular formula is C16H18BrNO2S. The molecule has 0 amide bonds. The number of aromatic nitrogens is 1. The Bertz CT molecular complexity index is 659. The van der Waals surface area contributed by atoms with E-state index in [2.05, 4.69) is 47.1 Å². The minimum atomic E-state index is -0.0131. The van der Waals surface area contributed by atoms with Crippen molar-refractivity contribution in [3.05, 3.63) is 44.3 Å². The van der Waals surface area contributed by atoms with Crippen LogP contribution >= 0.6 is 27.3 Å². The molecule has 0 fully saturated rings. The summed E-state index contributed by atoms with van der Waals surface area (Å²) >= 11 is 4.95. The number of carbonyl (C=O) groups is 1. The molecule has 0 saturated heterocycles. The summed E-state index contributed by atoms with van der Waals surface area (Å²) in [4.78, 5) is 16.2. The number of carbonyl (C=O) groups excluding carboxylic acids is 1. The van der Waals surface area contributed by atoms with Gasteiger partial charge in [-0.05, 0) is 25.1 Å². The van der Waals surface area contributed by atoms with Crippen LogP contribution in [-0.4, -0.2) is 10.8 Å². The van der Waals surface area contributed by atoms with E-state index in [0.29, 0.717) is 17.9 Å². The lowest BCUT2D eigenvalue weighted by Crippen LogP contribution is -2.11. The Morgan fingerprint density at radius 2 is 2.10 bits per heavy atom. The summed E-state index contributed by atoms with van der Waals surface area (Å²) in [7, 11) is 0. The summed E-state index contributed by atoms with van der Waals surface area (Å²) in [6.07, 6.45) is 0. The highest BCUT2D eigenvalue weighted by molar-refractivity contribution is 9.10. The third-order valence-corrected chi connectivity index (χ3v) is 4.31. The molecular weight excluding hydrogens is 350 g/mol. The maximum Gasteiger partial charge on any atom is 0.163 e. The zero-order valence-corrected chi connectivity index (χ0v) is 15.0. The van der Waals surface area contributed by atoms with Crippen molar-refractivity contribution in [2.24, 2.45) is 0 Å². The third kappa shape index (κ3) is 4.14. The summed E-state index contributed by atoms with van der Waals surface area (Å²) in [6.45, 7) is 8.32. The SMILES string of the molecule is CC(=O)c1cc(Br)ccc1OCc1nc(C(C)(C)C)cs1. The Hall–Kier alpha value is -1.20. The van der Waals surface area contributed by atoms with Gasteiger partial charge in [-0.15, -0.1) is 11.3 Å². The quantitative estimate of drug-likeness (QED) is 0.714. The van der Waals surface area contributed by atoms with E-state index in [9.17, 15) is 4.79 Å². The highest BCUT2D eigenvalue weighted by atomic mass is 79.9. The first kappa shape index (κ1) is 16.2. The van der Waals surface area contributed by atoms with Crippen molar-refractivity contribution in [3.8, 4) is 5.75 Å². The van der Waals surface area contributed by atoms with E-state index in [4.69, 9.17) is 4.74 Å². The van der Waals surface area contributed by atoms with Gasteiger partial charge in [0, 0.05) is 15.3 Å². The van der Waals surface area contributed by atoms with Gasteiger partial charge in [0.25, 0.3) is 0 Å². The minimum absolute atomic E-state index is 0.0131. The van der Waals surface area contributed by atoms with Crippen molar-refractivity contribution in [1.82, 2.24) is 4.98 Å². The maximum atomic E-state index is 11.7. The van der Waals surface area contributed by atoms with Gasteiger partial charge in [0.15, 0.2) is 5.78 Å². The number of nitrogens with zero attached hydrogens (tertiary/aromatic N) is 1. The van der Waals surface area contributed by atoms with Gasteiger partial charge in [0.05, 0.1) is 11.3 Å². The Morgan fingerprint density at radius 1 is 1.38 bits per heavy atom. The molecule has 1 aromatic heterocycles. The molecule has 3 nitrogen and oxygen atoms in total. The van der Waals surface area contributed by atoms with Gasteiger partial charge in [-0.3, -0.25) is 4.79 Å². The summed E-state index contributed by atoms with van der Waals surface area (Å²) in [5.41, 5.74) is 1.68. The molecule has 0 aliphatic carbocycles. The molecule has 2 aromatic rings. The molecule has 0 N–H and O–H groups in total. The molecule has 0 atom stereocenters. The summed E-state index contributed by atoms with van der Waals surface area (Å²) < 4.78 is 6.64. The molecule has 0 saturated carbocycles. The standard InChI is InChI=1S/C16H18BrNO2S/c1-10(19)12-7-11(17)5-6-13(12)20-8-15-18-14(9-21-15)16(2,3)4/h5-7,9H,8H2,1-4H3. The molecule has 0 spiro atoms. The molecule has 0 aliphatic rings. The number of hydrogen-bond donors (Lipinski definition) is 0. The molecule has 0 bridgehead atoms. The molecule has 5 heteroatoms. The lowest BCUT2D eigenvalue weighted by molar-refractivity contribution is 0.101. The minimum Gasteiger partial charge on any atom is -0.486 e. The first-order valence-corrected chi connectivity index (χ1v) is 8.33. The van der Waals surface area contributed by atoms with Crippen molar-refractivity contribution in [1.29, 1.82) is 0 Å². The second-order valence-electron chi connectivity index (χ2n) is 5.86. The second-order valence-corrected chi connectivity index (χ2v) is 7.72. The van der Waals surface area contributed by atoms with E-state index in [1.807, 2.05) is 6.07 Å². The third-order valence-electron chi connectivity index (χ3n) is 2.99. The topological polar surface area (TPSA) is 39.2 Å². The maximum absolute atomic E-state index is 11.7. The monoisotopic (exact) mass is 367 g/mol. The highest BCUT2D eigenvalue weighted by Gasteiger charge is 2.18. The first-order valence-electron chi connectivity index (χ1n) is 6.65. The second kappa shape index (κ2) is 6.28. The fourth-order valence-corrected chi connectivity index (χ4v) is 3.06. The molecule has 2 rings (SSSR count). The number of benzene rings is 1. The summed E-state index contributed by atoms with van der Waals surface area (Å²) in [5, 5.41) is 2.98. The van der Waals surface area contributed by atoms with Crippen LogP contribution < -0.4 is 4.74 Å². The van der Waals surface area contributed by atoms with Crippen LogP contribution in [0.4, 0.5) is 0 Å². The number of halogens is 1. The van der Waals surface area contributed by atoms with Crippen molar-refractivity contribution in [3.63, 3.8) is 0 Å². The van der Waals surface area contributed by atoms with E-state index < -0.39 is 0 Å². The molecule has 1 heterocycles. The summed E-state index contributed by atoms with van der Waals surface area (Å²) in [5.74, 6) is 0.582. The van der Waals surface area contributed by atoms with Crippen molar-refractivity contribution >= 4 is 33.0 Å². The van der Waals surface area contributed by atoms with Crippen molar-refractivity contribution < 1.29 is 9.53 Å². The fraction of sp³-hybridized carbons (Fsp3) is 0.375. The highest BCUT2D eigenvalue weighted by Crippen LogP contribution is 2.27. The average Bonchev–Trinajstić information content (AvgIpc) is 2.85. The van der Waals surface area contributed by atoms with Crippen LogP contribution in [0, 0.1) is 0 Å². The molecule has 0 unspecified atom stereocenters. The van der Waals surface area contributed by atoms with Gasteiger partial charge < -0.3 is 4.74 Å². The van der Waals surface area contributed by atoms with Crippen LogP contribution in [0.5, 0.6) is 5.75 Å². The predicted molar refractivity (Wildman–Crippen MR) is 89.3 cm³/mol. The number of ether oxygens (including phenoxy) is 1. The Balaban J connectivity index is 2.13. The Labute approximate surface area is 137 Å². The number of ketones is 1. The number of rotatable bonds is 4. The van der Waals surface area contributed by atoms with Gasteiger partial charge in [-0.2, -0.15) is 0 Å². The van der Waals surface area contributed by atoms with Gasteiger partial charge in [0.2, 0.25) is 0 Å². The van der Waals surface area contributed by atoms with Gasteiger partial charge in [0.1, 0.15) is 17.4 Å². The zero-order valence-electron chi connectivity index (χ0n) is 12.6. The van der Waals surface area contributed by atoms with Gasteiger partial charge in [-0.1, -0.05) is 36.7 Å². The molecule has 112 valence electrons. The van der Waals surface area contributed by atoms with Crippen LogP contribution in [0.1, 0.15) is 48.8 Å². The van der Waals surface area contributed by atoms with Gasteiger partial charge in [-0.25, -0.2) is 4.98 Å². The molecule has 21 heavy (non-hydrogen) atoms. The lowest BCUT2D eigenvalue weighted by Gasteiger charge is -2.14. The fourth-order valence-electron chi connectivity index (χ4n) is 1.76. The van der Waals surface area contributed by atoms with E-state index in [1.54, 1.807) is 23.5 Å². The number of thiazole rings is 1. The van der Waals surface area contributed by atoms with Crippen LogP contribution in [0.2, 0.25) is 0 Å². The van der Waals surface area contributed by atoms with Crippen LogP contribution in [0.15, 0.2) is 28.1 Å². The average molecular weight is 368 g/mol.